The largest absolute Gasteiger partial charge is 0.352 e. The molecule has 316 valence electrons. The summed E-state index contributed by atoms with van der Waals surface area (Å²) in [7, 11) is 0. The number of aromatic amines is 1. The molecule has 0 amide bonds. The summed E-state index contributed by atoms with van der Waals surface area (Å²) in [6.45, 7) is 0. The zero-order valence-corrected chi connectivity index (χ0v) is 29.6. The van der Waals surface area contributed by atoms with E-state index in [-0.39, 0.29) is 11.8 Å². The Bertz CT molecular complexity index is 3630. The molecule has 2 N–H and O–H groups in total. The first-order valence-corrected chi connectivity index (χ1v) is 17.0. The van der Waals surface area contributed by atoms with E-state index in [0.29, 0.717) is 0 Å². The van der Waals surface area contributed by atoms with Crippen molar-refractivity contribution in [3.05, 3.63) is 118 Å². The molecule has 0 fully saturated rings. The van der Waals surface area contributed by atoms with Crippen LogP contribution >= 0.6 is 0 Å². The van der Waals surface area contributed by atoms with Crippen molar-refractivity contribution in [3.8, 4) is 45.6 Å². The summed E-state index contributed by atoms with van der Waals surface area (Å²) in [6, 6.07) is 3.83. The molecule has 2 aliphatic rings. The van der Waals surface area contributed by atoms with E-state index in [1.54, 1.807) is 0 Å². The molecule has 0 radical (unpaired) electrons. The molecule has 8 bridgehead atoms. The number of nitrogens with zero attached hydrogens (tertiary/aromatic N) is 7. The van der Waals surface area contributed by atoms with Crippen LogP contribution in [0.2, 0.25) is 0 Å². The normalized spacial score (nSPS) is 12.1. The lowest BCUT2D eigenvalue weighted by Crippen LogP contribution is -2.02. The molecule has 0 saturated carbocycles. The predicted octanol–water partition coefficient (Wildman–Crippen LogP) is 10.9. The van der Waals surface area contributed by atoms with Crippen LogP contribution in [-0.2, 0) is 0 Å². The van der Waals surface area contributed by atoms with Crippen LogP contribution in [0.3, 0.4) is 0 Å². The monoisotopic (exact) mass is 893 g/mol. The van der Waals surface area contributed by atoms with Crippen LogP contribution < -0.4 is 5.32 Å². The predicted molar refractivity (Wildman–Crippen MR) is 185 cm³/mol. The van der Waals surface area contributed by atoms with Gasteiger partial charge in [-0.15, -0.1) is 4.79 Å². The van der Waals surface area contributed by atoms with Crippen molar-refractivity contribution in [1.29, 1.82) is 0 Å². The number of H-pyrrole nitrogens is 1. The molecule has 25 heteroatoms. The van der Waals surface area contributed by atoms with Crippen LogP contribution in [0, 0.1) is 87.3 Å². The van der Waals surface area contributed by atoms with E-state index in [9.17, 15) is 30.7 Å². The Morgan fingerprint density at radius 2 is 0.857 bits per heavy atom. The van der Waals surface area contributed by atoms with Crippen molar-refractivity contribution < 1.29 is 70.3 Å². The number of rotatable bonds is 2. The summed E-state index contributed by atoms with van der Waals surface area (Å²) >= 11 is 0. The molecular formula is C38H7F16N9. The molecule has 63 heavy (non-hydrogen) atoms. The summed E-state index contributed by atoms with van der Waals surface area (Å²) in [6.07, 6.45) is 0. The maximum Gasteiger partial charge on any atom is 0.198 e. The fraction of sp³-hybridized carbons (Fsp3) is 0. The lowest BCUT2D eigenvalue weighted by Gasteiger charge is -2.11. The van der Waals surface area contributed by atoms with Crippen molar-refractivity contribution >= 4 is 55.5 Å². The maximum absolute atomic E-state index is 16.5. The molecule has 2 aliphatic heterocycles. The van der Waals surface area contributed by atoms with E-state index in [2.05, 4.69) is 40.2 Å². The first kappa shape index (κ1) is 39.3. The van der Waals surface area contributed by atoms with Gasteiger partial charge in [0.05, 0.1) is 43.9 Å². The SMILES string of the molecule is Fc1ccc(Nc2c(F)c(F)c(F)c3c4nc5nc(nc6c7c(F)c(F)c(F)c(F)c7c(nc7nc(nc([nH]4)c23)-c2c(F)c(F)c(F)c(F)c2-7)n6F)-c2c-5cc(F)c(F)c2F)cc1. The molecule has 8 aromatic rings. The van der Waals surface area contributed by atoms with Gasteiger partial charge in [-0.05, 0) is 30.3 Å². The van der Waals surface area contributed by atoms with E-state index < -0.39 is 187 Å². The van der Waals surface area contributed by atoms with Crippen molar-refractivity contribution in [3.63, 3.8) is 0 Å². The average molecular weight is 894 g/mol. The minimum atomic E-state index is -2.63. The number of hydrogen-bond acceptors (Lipinski definition) is 7. The van der Waals surface area contributed by atoms with Crippen LogP contribution in [0.15, 0.2) is 30.3 Å². The van der Waals surface area contributed by atoms with Crippen LogP contribution in [0.25, 0.3) is 89.7 Å². The minimum Gasteiger partial charge on any atom is -0.352 e. The second-order valence-electron chi connectivity index (χ2n) is 13.3. The highest BCUT2D eigenvalue weighted by Crippen LogP contribution is 2.45. The van der Waals surface area contributed by atoms with E-state index in [1.165, 1.54) is 0 Å². The fourth-order valence-corrected chi connectivity index (χ4v) is 7.08. The van der Waals surface area contributed by atoms with Gasteiger partial charge in [0, 0.05) is 11.3 Å². The highest BCUT2D eigenvalue weighted by molar-refractivity contribution is 6.13. The van der Waals surface area contributed by atoms with Gasteiger partial charge in [-0.3, -0.25) is 0 Å². The van der Waals surface area contributed by atoms with Gasteiger partial charge in [0.1, 0.15) is 17.1 Å². The summed E-state index contributed by atoms with van der Waals surface area (Å²) in [5.41, 5.74) is -12.2. The minimum absolute atomic E-state index is 0.205. The summed E-state index contributed by atoms with van der Waals surface area (Å²) in [5.74, 6) is -38.9. The molecule has 9 nitrogen and oxygen atoms in total. The Morgan fingerprint density at radius 3 is 1.44 bits per heavy atom. The fourth-order valence-electron chi connectivity index (χ4n) is 7.08. The molecule has 3 aromatic heterocycles. The topological polar surface area (TPSA) is 110 Å². The van der Waals surface area contributed by atoms with Crippen molar-refractivity contribution in [2.24, 2.45) is 0 Å². The first-order chi connectivity index (χ1) is 29.9. The molecule has 5 aromatic carbocycles. The van der Waals surface area contributed by atoms with Gasteiger partial charge in [-0.1, -0.05) is 4.48 Å². The van der Waals surface area contributed by atoms with Gasteiger partial charge in [0.2, 0.25) is 0 Å². The average Bonchev–Trinajstić information content (AvgIpc) is 3.98. The zero-order chi connectivity index (χ0) is 44.8. The highest BCUT2D eigenvalue weighted by atomic mass is 19.2. The standard InChI is InChI=1S/C38H7F16N9/c39-6-1-3-7(4-2-6)55-30-16-13(21(45)28(52)29(30)53)34-57-31-8-5-9(40)17(41)18(42)10(8)32(56-31)61-37-14-15(23(47)27(51)26(50)22(14)46)38(63(37)54)62-35-12-11(33(58-35)59-36(16)60-34)19(43)24(48)25(49)20(12)44/h1-5,55H,(H,56,57,58,59,60,61,62). The van der Waals surface area contributed by atoms with Gasteiger partial charge in [0.25, 0.3) is 0 Å². The highest BCUT2D eigenvalue weighted by Gasteiger charge is 2.36. The third-order valence-corrected chi connectivity index (χ3v) is 9.86. The molecule has 0 atom stereocenters. The summed E-state index contributed by atoms with van der Waals surface area (Å²) in [4.78, 5) is 23.5. The molecule has 0 unspecified atom stereocenters. The van der Waals surface area contributed by atoms with E-state index in [0.717, 1.165) is 24.3 Å². The smallest absolute Gasteiger partial charge is 0.198 e. The Labute approximate surface area is 333 Å². The van der Waals surface area contributed by atoms with Crippen LogP contribution in [0.4, 0.5) is 81.7 Å². The lowest BCUT2D eigenvalue weighted by molar-refractivity contribution is 0.398. The van der Waals surface area contributed by atoms with Crippen molar-refractivity contribution in [1.82, 2.24) is 39.7 Å². The zero-order valence-electron chi connectivity index (χ0n) is 29.6. The summed E-state index contributed by atoms with van der Waals surface area (Å²) in [5, 5.41) is -3.18. The van der Waals surface area contributed by atoms with Gasteiger partial charge in [-0.25, -0.2) is 95.8 Å². The number of hydrogen-bond donors (Lipinski definition) is 2. The number of nitrogens with one attached hydrogen (secondary N) is 2. The number of aromatic nitrogens is 8. The van der Waals surface area contributed by atoms with Gasteiger partial charge in [0.15, 0.2) is 116 Å². The van der Waals surface area contributed by atoms with Gasteiger partial charge in [-0.2, -0.15) is 0 Å². The number of anilines is 2. The maximum atomic E-state index is 16.5. The Balaban J connectivity index is 1.49. The van der Waals surface area contributed by atoms with E-state index in [1.807, 2.05) is 0 Å². The second-order valence-corrected chi connectivity index (χ2v) is 13.3. The number of benzene rings is 5. The molecule has 0 spiro atoms. The molecule has 10 rings (SSSR count). The summed E-state index contributed by atoms with van der Waals surface area (Å²) < 4.78 is 245. The number of halogens is 16. The van der Waals surface area contributed by atoms with Gasteiger partial charge < -0.3 is 10.3 Å². The molecule has 5 heterocycles. The van der Waals surface area contributed by atoms with Crippen molar-refractivity contribution in [2.45, 2.75) is 0 Å². The molecular weight excluding hydrogens is 886 g/mol. The lowest BCUT2D eigenvalue weighted by atomic mass is 10.1. The van der Waals surface area contributed by atoms with Crippen molar-refractivity contribution in [2.75, 3.05) is 5.32 Å². The molecule has 0 saturated heterocycles. The van der Waals surface area contributed by atoms with Gasteiger partial charge >= 0.3 is 0 Å². The third-order valence-electron chi connectivity index (χ3n) is 9.86. The van der Waals surface area contributed by atoms with E-state index >= 15 is 39.6 Å². The van der Waals surface area contributed by atoms with Crippen LogP contribution in [0.5, 0.6) is 0 Å². The van der Waals surface area contributed by atoms with Crippen LogP contribution in [-0.4, -0.2) is 39.7 Å². The second kappa shape index (κ2) is 13.3. The first-order valence-electron chi connectivity index (χ1n) is 17.0. The third kappa shape index (κ3) is 5.33. The Hall–Kier alpha value is -7.86. The Kier molecular flexibility index (Phi) is 8.31. The van der Waals surface area contributed by atoms with E-state index in [4.69, 9.17) is 0 Å². The van der Waals surface area contributed by atoms with Crippen LogP contribution in [0.1, 0.15) is 0 Å². The number of fused-ring (bicyclic) bond motifs is 20. The quantitative estimate of drug-likeness (QED) is 0.101. The molecule has 0 aliphatic carbocycles. The Morgan fingerprint density at radius 1 is 0.413 bits per heavy atom.